The lowest BCUT2D eigenvalue weighted by molar-refractivity contribution is 0.0945. The van der Waals surface area contributed by atoms with E-state index in [2.05, 4.69) is 39.6 Å². The Morgan fingerprint density at radius 2 is 2.15 bits per heavy atom. The zero-order chi connectivity index (χ0) is 14.5. The number of aromatic nitrogens is 2. The molecule has 0 aromatic carbocycles. The summed E-state index contributed by atoms with van der Waals surface area (Å²) in [4.78, 5) is 22.6. The molecule has 1 aliphatic carbocycles. The number of anilines is 1. The van der Waals surface area contributed by atoms with Crippen LogP contribution in [-0.4, -0.2) is 54.0 Å². The van der Waals surface area contributed by atoms with Gasteiger partial charge in [0.2, 0.25) is 0 Å². The van der Waals surface area contributed by atoms with Gasteiger partial charge in [0.15, 0.2) is 0 Å². The maximum atomic E-state index is 12.0. The molecule has 0 atom stereocenters. The number of nitrogens with zero attached hydrogens (tertiary/aromatic N) is 3. The average Bonchev–Trinajstić information content (AvgIpc) is 3.17. The molecule has 20 heavy (non-hydrogen) atoms. The van der Waals surface area contributed by atoms with Gasteiger partial charge >= 0.3 is 0 Å². The van der Waals surface area contributed by atoms with Crippen molar-refractivity contribution in [1.29, 1.82) is 0 Å². The molecule has 1 aromatic heterocycles. The lowest BCUT2D eigenvalue weighted by Crippen LogP contribution is -2.27. The van der Waals surface area contributed by atoms with Crippen molar-refractivity contribution in [2.75, 3.05) is 32.5 Å². The molecular weight excluding hydrogens is 254 g/mol. The van der Waals surface area contributed by atoms with E-state index < -0.39 is 0 Å². The average molecular weight is 277 g/mol. The van der Waals surface area contributed by atoms with Gasteiger partial charge in [0.1, 0.15) is 17.3 Å². The molecule has 0 aliphatic heterocycles. The third kappa shape index (κ3) is 4.77. The van der Waals surface area contributed by atoms with E-state index in [9.17, 15) is 4.79 Å². The Kier molecular flexibility index (Phi) is 4.89. The largest absolute Gasteiger partial charge is 0.370 e. The van der Waals surface area contributed by atoms with Crippen molar-refractivity contribution in [3.63, 3.8) is 0 Å². The first kappa shape index (κ1) is 14.7. The number of hydrogen-bond donors (Lipinski definition) is 2. The zero-order valence-corrected chi connectivity index (χ0v) is 12.4. The van der Waals surface area contributed by atoms with Crippen LogP contribution in [0.5, 0.6) is 0 Å². The molecule has 2 N–H and O–H groups in total. The molecule has 1 heterocycles. The van der Waals surface area contributed by atoms with Crippen molar-refractivity contribution in [3.8, 4) is 0 Å². The van der Waals surface area contributed by atoms with Gasteiger partial charge in [0.05, 0.1) is 0 Å². The van der Waals surface area contributed by atoms with Gasteiger partial charge < -0.3 is 15.5 Å². The summed E-state index contributed by atoms with van der Waals surface area (Å²) in [6.07, 6.45) is 3.18. The van der Waals surface area contributed by atoms with Crippen molar-refractivity contribution < 1.29 is 4.79 Å². The van der Waals surface area contributed by atoms with Crippen LogP contribution in [0.1, 0.15) is 35.6 Å². The highest BCUT2D eigenvalue weighted by Gasteiger charge is 2.24. The molecule has 1 saturated carbocycles. The highest BCUT2D eigenvalue weighted by atomic mass is 16.2. The van der Waals surface area contributed by atoms with Gasteiger partial charge in [-0.2, -0.15) is 0 Å². The smallest absolute Gasteiger partial charge is 0.270 e. The third-order valence-corrected chi connectivity index (χ3v) is 3.07. The van der Waals surface area contributed by atoms with Gasteiger partial charge in [-0.25, -0.2) is 9.97 Å². The Morgan fingerprint density at radius 3 is 2.80 bits per heavy atom. The van der Waals surface area contributed by atoms with E-state index in [1.807, 2.05) is 0 Å². The molecule has 0 bridgehead atoms. The fourth-order valence-electron chi connectivity index (χ4n) is 1.87. The summed E-state index contributed by atoms with van der Waals surface area (Å²) in [7, 11) is 4.10. The minimum Gasteiger partial charge on any atom is -0.370 e. The van der Waals surface area contributed by atoms with Gasteiger partial charge in [-0.15, -0.1) is 0 Å². The van der Waals surface area contributed by atoms with E-state index in [4.69, 9.17) is 0 Å². The summed E-state index contributed by atoms with van der Waals surface area (Å²) in [6, 6.07) is 2.06. The molecule has 2 rings (SSSR count). The second kappa shape index (κ2) is 6.65. The van der Waals surface area contributed by atoms with Gasteiger partial charge in [-0.1, -0.05) is 0 Å². The van der Waals surface area contributed by atoms with E-state index in [1.165, 1.54) is 0 Å². The van der Waals surface area contributed by atoms with Crippen LogP contribution in [0.4, 0.5) is 5.82 Å². The fourth-order valence-corrected chi connectivity index (χ4v) is 1.87. The SMILES string of the molecule is Cc1nc(NCCCN(C)C)cc(C(=O)NC2CC2)n1. The second-order valence-corrected chi connectivity index (χ2v) is 5.52. The summed E-state index contributed by atoms with van der Waals surface area (Å²) < 4.78 is 0. The van der Waals surface area contributed by atoms with Crippen LogP contribution in [0.2, 0.25) is 0 Å². The van der Waals surface area contributed by atoms with E-state index in [0.717, 1.165) is 38.2 Å². The van der Waals surface area contributed by atoms with Crippen LogP contribution in [0.15, 0.2) is 6.07 Å². The molecule has 6 heteroatoms. The number of hydrogen-bond acceptors (Lipinski definition) is 5. The van der Waals surface area contributed by atoms with E-state index in [1.54, 1.807) is 13.0 Å². The number of amides is 1. The predicted molar refractivity (Wildman–Crippen MR) is 78.9 cm³/mol. The standard InChI is InChI=1S/C14H23N5O/c1-10-16-12(14(20)18-11-5-6-11)9-13(17-10)15-7-4-8-19(2)3/h9,11H,4-8H2,1-3H3,(H,18,20)(H,15,16,17). The van der Waals surface area contributed by atoms with E-state index in [-0.39, 0.29) is 5.91 Å². The lowest BCUT2D eigenvalue weighted by atomic mass is 10.3. The summed E-state index contributed by atoms with van der Waals surface area (Å²) >= 11 is 0. The first-order valence-corrected chi connectivity index (χ1v) is 7.10. The Hall–Kier alpha value is -1.69. The van der Waals surface area contributed by atoms with Crippen molar-refractivity contribution >= 4 is 11.7 Å². The van der Waals surface area contributed by atoms with Crippen LogP contribution >= 0.6 is 0 Å². The molecule has 110 valence electrons. The zero-order valence-electron chi connectivity index (χ0n) is 12.4. The number of nitrogens with one attached hydrogen (secondary N) is 2. The topological polar surface area (TPSA) is 70.2 Å². The predicted octanol–water partition coefficient (Wildman–Crippen LogP) is 1.04. The maximum Gasteiger partial charge on any atom is 0.270 e. The van der Waals surface area contributed by atoms with Crippen LogP contribution in [-0.2, 0) is 0 Å². The van der Waals surface area contributed by atoms with Crippen molar-refractivity contribution in [1.82, 2.24) is 20.2 Å². The number of carbonyl (C=O) groups is 1. The molecule has 6 nitrogen and oxygen atoms in total. The van der Waals surface area contributed by atoms with Crippen molar-refractivity contribution in [3.05, 3.63) is 17.6 Å². The number of aryl methyl sites for hydroxylation is 1. The third-order valence-electron chi connectivity index (χ3n) is 3.07. The van der Waals surface area contributed by atoms with Gasteiger partial charge in [0.25, 0.3) is 5.91 Å². The summed E-state index contributed by atoms with van der Waals surface area (Å²) in [5.41, 5.74) is 0.444. The number of rotatable bonds is 7. The second-order valence-electron chi connectivity index (χ2n) is 5.52. The normalized spacial score (nSPS) is 14.4. The van der Waals surface area contributed by atoms with E-state index in [0.29, 0.717) is 17.6 Å². The van der Waals surface area contributed by atoms with Crippen LogP contribution in [0.25, 0.3) is 0 Å². The van der Waals surface area contributed by atoms with Crippen molar-refractivity contribution in [2.24, 2.45) is 0 Å². The van der Waals surface area contributed by atoms with E-state index >= 15 is 0 Å². The molecule has 0 radical (unpaired) electrons. The highest BCUT2D eigenvalue weighted by Crippen LogP contribution is 2.19. The first-order chi connectivity index (χ1) is 9.54. The van der Waals surface area contributed by atoms with Gasteiger partial charge in [-0.3, -0.25) is 4.79 Å². The first-order valence-electron chi connectivity index (χ1n) is 7.10. The summed E-state index contributed by atoms with van der Waals surface area (Å²) in [5, 5.41) is 6.19. The molecule has 1 aromatic rings. The Bertz CT molecular complexity index is 471. The van der Waals surface area contributed by atoms with Crippen LogP contribution in [0, 0.1) is 6.92 Å². The Balaban J connectivity index is 1.91. The molecule has 1 aliphatic rings. The molecule has 1 amide bonds. The monoisotopic (exact) mass is 277 g/mol. The molecular formula is C14H23N5O. The van der Waals surface area contributed by atoms with Crippen LogP contribution in [0.3, 0.4) is 0 Å². The molecule has 0 spiro atoms. The lowest BCUT2D eigenvalue weighted by Gasteiger charge is -2.11. The summed E-state index contributed by atoms with van der Waals surface area (Å²) in [5.74, 6) is 1.23. The molecule has 0 unspecified atom stereocenters. The van der Waals surface area contributed by atoms with Gasteiger partial charge in [0, 0.05) is 18.7 Å². The minimum absolute atomic E-state index is 0.102. The highest BCUT2D eigenvalue weighted by molar-refractivity contribution is 5.93. The fraction of sp³-hybridized carbons (Fsp3) is 0.643. The quantitative estimate of drug-likeness (QED) is 0.729. The minimum atomic E-state index is -0.102. The van der Waals surface area contributed by atoms with Crippen molar-refractivity contribution in [2.45, 2.75) is 32.2 Å². The molecule has 1 fully saturated rings. The van der Waals surface area contributed by atoms with Gasteiger partial charge in [-0.05, 0) is 46.8 Å². The molecule has 0 saturated heterocycles. The van der Waals surface area contributed by atoms with Crippen LogP contribution < -0.4 is 10.6 Å². The Morgan fingerprint density at radius 1 is 1.40 bits per heavy atom. The Labute approximate surface area is 120 Å². The maximum absolute atomic E-state index is 12.0. The summed E-state index contributed by atoms with van der Waals surface area (Å²) in [6.45, 7) is 3.66. The number of carbonyl (C=O) groups excluding carboxylic acids is 1.